The van der Waals surface area contributed by atoms with Crippen LogP contribution >= 0.6 is 0 Å². The average Bonchev–Trinajstić information content (AvgIpc) is 0.705. The van der Waals surface area contributed by atoms with E-state index >= 15 is 0 Å². The zero-order valence-electron chi connectivity index (χ0n) is 89.8. The minimum Gasteiger partial charge on any atom is -0.201 e. The third-order valence-electron chi connectivity index (χ3n) is 38.4. The van der Waals surface area contributed by atoms with Gasteiger partial charge in [-0.1, -0.05) is 264 Å². The molecule has 708 valence electrons. The second-order valence-electron chi connectivity index (χ2n) is 48.1. The highest BCUT2D eigenvalue weighted by Crippen LogP contribution is 2.63. The molecule has 0 aliphatic heterocycles. The highest BCUT2D eigenvalue weighted by Gasteiger charge is 2.53. The zero-order valence-corrected chi connectivity index (χ0v) is 89.8. The summed E-state index contributed by atoms with van der Waals surface area (Å²) in [5.74, 6) is 1.45. The molecule has 0 bridgehead atoms. The van der Waals surface area contributed by atoms with Gasteiger partial charge in [-0.25, -0.2) is 13.7 Å². The van der Waals surface area contributed by atoms with E-state index in [2.05, 4.69) is 446 Å². The maximum absolute atomic E-state index is 2.51. The highest BCUT2D eigenvalue weighted by molar-refractivity contribution is 6.00. The maximum atomic E-state index is 2.51. The van der Waals surface area contributed by atoms with Crippen LogP contribution in [0.15, 0.2) is 213 Å². The quantitative estimate of drug-likeness (QED) is 0.148. The van der Waals surface area contributed by atoms with Gasteiger partial charge in [0.25, 0.3) is 0 Å². The van der Waals surface area contributed by atoms with E-state index in [1.807, 2.05) is 0 Å². The Hall–Kier alpha value is -11.2. The van der Waals surface area contributed by atoms with Crippen molar-refractivity contribution < 1.29 is 18.3 Å². The van der Waals surface area contributed by atoms with Crippen molar-refractivity contribution in [3.05, 3.63) is 341 Å². The van der Waals surface area contributed by atoms with Crippen molar-refractivity contribution in [1.29, 1.82) is 0 Å². The molecule has 0 spiro atoms. The Kier molecular flexibility index (Phi) is 24.0. The number of pyridine rings is 4. The van der Waals surface area contributed by atoms with Crippen LogP contribution in [-0.2, 0) is 84.4 Å². The number of aryl methyl sites for hydroxylation is 12. The van der Waals surface area contributed by atoms with Gasteiger partial charge in [0.15, 0.2) is 24.3 Å². The molecular formula is C134H156N4+4. The summed E-state index contributed by atoms with van der Waals surface area (Å²) in [6, 6.07) is 75.2. The number of hydrogen-bond donors (Lipinski definition) is 0. The fourth-order valence-corrected chi connectivity index (χ4v) is 26.6. The van der Waals surface area contributed by atoms with Crippen molar-refractivity contribution in [2.24, 2.45) is 28.2 Å². The molecule has 0 amide bonds. The lowest BCUT2D eigenvalue weighted by molar-refractivity contribution is -0.667. The van der Waals surface area contributed by atoms with Gasteiger partial charge >= 0.3 is 0 Å². The highest BCUT2D eigenvalue weighted by atomic mass is 15.0. The summed E-state index contributed by atoms with van der Waals surface area (Å²) in [6.45, 7) is 64.0. The standard InChI is InChI=1S/C36H46N.C35H40N.C32H36N.C31H34N/c1-23-17-20-30-33(32(23)31-21-24(2)29(22-37(31)7)25-13-9-8-10-14-25)28-19-18-26-15-11-12-16-27(26)34(28)36(5,6)35(30,3)4;1-22-16-17-29-33(32(22)31-18-23(2)28(21-36(31)7)24-12-8-9-13-24)27-19-25-14-10-11-15-26(25)20-30(27)35(5,6)34(29,3)4;1-19-16-29(33(9)22(4)20(19)2)25-14-15-27-30(21(25)3)26-17-23-12-10-11-13-24(23)18-28(26)32(7,8)31(27,5)6;1-19-9-10-22-16-25-26-18-24(29-14-20(2)11-12-32(29)8)21(3)15-27(26)30(4,5)31(6,7)28(25)17-23(22)13-19/h17-22,25H,8-16H2,1-7H3;10-11,14-21,24H,8-9,12-13H2,1-7H3;10-18H,1-9H3;9-18H,1-8H3/q4*+1. The molecule has 4 heterocycles. The van der Waals surface area contributed by atoms with Gasteiger partial charge in [0.1, 0.15) is 28.2 Å². The van der Waals surface area contributed by atoms with E-state index in [1.54, 1.807) is 27.8 Å². The first-order chi connectivity index (χ1) is 65.2. The third-order valence-corrected chi connectivity index (χ3v) is 38.4. The van der Waals surface area contributed by atoms with E-state index in [-0.39, 0.29) is 43.3 Å². The van der Waals surface area contributed by atoms with Crippen LogP contribution in [0.2, 0.25) is 0 Å². The van der Waals surface area contributed by atoms with Crippen molar-refractivity contribution in [3.8, 4) is 89.5 Å². The SMILES string of the molecule is Cc1cc(-c2c(C)ccc3c2-c2cc4ccccc4cc2C(C)(C)C3(C)C)[n+](C)cc1C1CCCC1.Cc1cc(-c2c(C)ccc3c2-c2ccc4c(c2C(C)(C)C3(C)C)CCCC4)[n+](C)cc1C1CCCCC1.Cc1cc(-c2ccc3c(c2C)-c2cc4ccccc4cc2C(C)(C)C3(C)C)[n+](C)c(C)c1C.Cc1cc[n+](C)c(-c2cc3c(cc2C)C(C)(C)C(C)(C)c2cc4cc(C)ccc4cc2-3)c1. The molecule has 0 N–H and O–H groups in total. The largest absolute Gasteiger partial charge is 0.213 e. The van der Waals surface area contributed by atoms with Crippen LogP contribution in [0.3, 0.4) is 0 Å². The molecule has 7 aliphatic rings. The Morgan fingerprint density at radius 3 is 1.21 bits per heavy atom. The van der Waals surface area contributed by atoms with E-state index in [0.717, 1.165) is 11.8 Å². The molecule has 7 aliphatic carbocycles. The summed E-state index contributed by atoms with van der Waals surface area (Å²) in [4.78, 5) is 0. The molecule has 11 aromatic carbocycles. The van der Waals surface area contributed by atoms with E-state index in [9.17, 15) is 0 Å². The molecule has 4 aromatic heterocycles. The van der Waals surface area contributed by atoms with E-state index in [4.69, 9.17) is 0 Å². The molecule has 0 radical (unpaired) electrons. The van der Waals surface area contributed by atoms with E-state index in [1.165, 1.54) is 306 Å². The van der Waals surface area contributed by atoms with E-state index in [0.29, 0.717) is 0 Å². The summed E-state index contributed by atoms with van der Waals surface area (Å²) in [7, 11) is 8.88. The van der Waals surface area contributed by atoms with Crippen LogP contribution in [0.5, 0.6) is 0 Å². The van der Waals surface area contributed by atoms with Crippen molar-refractivity contribution in [1.82, 2.24) is 0 Å². The lowest BCUT2D eigenvalue weighted by Crippen LogP contribution is -2.45. The Labute approximate surface area is 829 Å². The second kappa shape index (κ2) is 34.6. The minimum absolute atomic E-state index is 0.00234. The molecule has 4 nitrogen and oxygen atoms in total. The molecule has 138 heavy (non-hydrogen) atoms. The lowest BCUT2D eigenvalue weighted by Gasteiger charge is -2.50. The second-order valence-corrected chi connectivity index (χ2v) is 48.1. The molecule has 0 saturated heterocycles. The molecule has 4 heteroatoms. The van der Waals surface area contributed by atoms with E-state index < -0.39 is 0 Å². The number of benzene rings is 11. The summed E-state index contributed by atoms with van der Waals surface area (Å²) < 4.78 is 9.46. The summed E-state index contributed by atoms with van der Waals surface area (Å²) in [5.41, 5.74) is 55.7. The predicted molar refractivity (Wildman–Crippen MR) is 586 cm³/mol. The maximum Gasteiger partial charge on any atom is 0.213 e. The molecule has 2 fully saturated rings. The number of rotatable bonds is 6. The first-order valence-corrected chi connectivity index (χ1v) is 52.5. The predicted octanol–water partition coefficient (Wildman–Crippen LogP) is 33.1. The Balaban J connectivity index is 0.000000118. The van der Waals surface area contributed by atoms with Gasteiger partial charge in [0.2, 0.25) is 22.8 Å². The van der Waals surface area contributed by atoms with Crippen LogP contribution in [0.4, 0.5) is 0 Å². The minimum atomic E-state index is -0.00234. The fourth-order valence-electron chi connectivity index (χ4n) is 26.6. The van der Waals surface area contributed by atoms with Crippen molar-refractivity contribution in [2.75, 3.05) is 0 Å². The Morgan fingerprint density at radius 2 is 0.667 bits per heavy atom. The Morgan fingerprint density at radius 1 is 0.254 bits per heavy atom. The fraction of sp³-hybridized carbons (Fsp3) is 0.403. The normalized spacial score (nSPS) is 17.7. The smallest absolute Gasteiger partial charge is 0.201 e. The van der Waals surface area contributed by atoms with Crippen LogP contribution in [0.25, 0.3) is 122 Å². The molecule has 0 atom stereocenters. The lowest BCUT2D eigenvalue weighted by atomic mass is 9.53. The van der Waals surface area contributed by atoms with Crippen molar-refractivity contribution in [3.63, 3.8) is 0 Å². The van der Waals surface area contributed by atoms with Gasteiger partial charge in [-0.3, -0.25) is 0 Å². The summed E-state index contributed by atoms with van der Waals surface area (Å²) >= 11 is 0. The number of aromatic nitrogens is 4. The summed E-state index contributed by atoms with van der Waals surface area (Å²) in [6.07, 6.45) is 24.5. The first-order valence-electron chi connectivity index (χ1n) is 52.5. The molecule has 0 unspecified atom stereocenters. The van der Waals surface area contributed by atoms with Crippen molar-refractivity contribution >= 4 is 32.3 Å². The van der Waals surface area contributed by atoms with Crippen molar-refractivity contribution in [2.45, 2.75) is 326 Å². The molecule has 2 saturated carbocycles. The van der Waals surface area contributed by atoms with Gasteiger partial charge in [-0.15, -0.1) is 0 Å². The molecule has 15 aromatic rings. The Bertz CT molecular complexity index is 7520. The van der Waals surface area contributed by atoms with Crippen LogP contribution < -0.4 is 18.3 Å². The number of nitrogens with zero attached hydrogens (tertiary/aromatic N) is 4. The monoisotopic (exact) mass is 1820 g/mol. The van der Waals surface area contributed by atoms with Gasteiger partial charge in [0, 0.05) is 65.1 Å². The zero-order chi connectivity index (χ0) is 98.4. The number of hydrogen-bond acceptors (Lipinski definition) is 0. The van der Waals surface area contributed by atoms with Crippen LogP contribution in [0, 0.1) is 76.2 Å². The van der Waals surface area contributed by atoms with Gasteiger partial charge in [-0.05, 0) is 401 Å². The van der Waals surface area contributed by atoms with Gasteiger partial charge in [0.05, 0.1) is 11.1 Å². The van der Waals surface area contributed by atoms with Gasteiger partial charge in [-0.2, -0.15) is 4.57 Å². The summed E-state index contributed by atoms with van der Waals surface area (Å²) in [5, 5.41) is 7.96. The third kappa shape index (κ3) is 15.2. The average molecular weight is 1820 g/mol. The van der Waals surface area contributed by atoms with Gasteiger partial charge < -0.3 is 0 Å². The van der Waals surface area contributed by atoms with Crippen LogP contribution in [0.1, 0.15) is 321 Å². The molecular weight excluding hydrogens is 1670 g/mol. The number of fused-ring (bicyclic) bond motifs is 17. The molecule has 22 rings (SSSR count). The first kappa shape index (κ1) is 95.7. The topological polar surface area (TPSA) is 15.5 Å². The van der Waals surface area contributed by atoms with Crippen LogP contribution in [-0.4, -0.2) is 0 Å².